The van der Waals surface area contributed by atoms with Gasteiger partial charge in [-0.2, -0.15) is 0 Å². The minimum atomic E-state index is -0.0700. The number of halogens is 1. The third-order valence-electron chi connectivity index (χ3n) is 2.56. The van der Waals surface area contributed by atoms with Crippen LogP contribution in [0.3, 0.4) is 0 Å². The highest BCUT2D eigenvalue weighted by atomic mass is 35.5. The van der Waals surface area contributed by atoms with Crippen molar-refractivity contribution in [3.8, 4) is 0 Å². The lowest BCUT2D eigenvalue weighted by Crippen LogP contribution is -2.21. The van der Waals surface area contributed by atoms with Gasteiger partial charge in [0.05, 0.1) is 23.5 Å². The molecule has 100 valence electrons. The molecule has 19 heavy (non-hydrogen) atoms. The summed E-state index contributed by atoms with van der Waals surface area (Å²) in [7, 11) is 3.41. The number of hydrogen-bond acceptors (Lipinski definition) is 4. The Morgan fingerprint density at radius 1 is 1.47 bits per heavy atom. The molecule has 1 heterocycles. The zero-order valence-electron chi connectivity index (χ0n) is 10.7. The van der Waals surface area contributed by atoms with Gasteiger partial charge in [0.25, 0.3) is 5.91 Å². The quantitative estimate of drug-likeness (QED) is 0.935. The van der Waals surface area contributed by atoms with E-state index < -0.39 is 0 Å². The number of aromatic nitrogens is 1. The minimum Gasteiger partial charge on any atom is -0.447 e. The van der Waals surface area contributed by atoms with Crippen LogP contribution in [0.25, 0.3) is 0 Å². The van der Waals surface area contributed by atoms with E-state index in [-0.39, 0.29) is 5.91 Å². The van der Waals surface area contributed by atoms with Crippen molar-refractivity contribution in [3.05, 3.63) is 47.1 Å². The molecule has 0 saturated heterocycles. The van der Waals surface area contributed by atoms with Crippen LogP contribution in [0.5, 0.6) is 0 Å². The number of benzene rings is 1. The van der Waals surface area contributed by atoms with Crippen molar-refractivity contribution < 1.29 is 9.21 Å². The first-order valence-electron chi connectivity index (χ1n) is 5.70. The summed E-state index contributed by atoms with van der Waals surface area (Å²) in [6.45, 7) is 0.458. The molecule has 1 N–H and O–H groups in total. The highest BCUT2D eigenvalue weighted by Gasteiger charge is 2.10. The van der Waals surface area contributed by atoms with Gasteiger partial charge in [-0.25, -0.2) is 4.98 Å². The maximum absolute atomic E-state index is 11.9. The predicted octanol–water partition coefficient (Wildman–Crippen LogP) is 2.64. The van der Waals surface area contributed by atoms with E-state index in [2.05, 4.69) is 10.3 Å². The maximum Gasteiger partial charge on any atom is 0.253 e. The zero-order chi connectivity index (χ0) is 13.8. The summed E-state index contributed by atoms with van der Waals surface area (Å²) >= 11 is 6.09. The molecule has 0 aliphatic carbocycles. The van der Waals surface area contributed by atoms with E-state index in [1.54, 1.807) is 38.5 Å². The third kappa shape index (κ3) is 3.26. The average Bonchev–Trinajstić information content (AvgIpc) is 2.90. The molecule has 0 atom stereocenters. The van der Waals surface area contributed by atoms with Crippen molar-refractivity contribution >= 4 is 23.2 Å². The highest BCUT2D eigenvalue weighted by molar-refractivity contribution is 6.33. The van der Waals surface area contributed by atoms with Gasteiger partial charge in [-0.05, 0) is 18.2 Å². The van der Waals surface area contributed by atoms with Gasteiger partial charge < -0.3 is 14.6 Å². The Morgan fingerprint density at radius 2 is 2.26 bits per heavy atom. The largest absolute Gasteiger partial charge is 0.447 e. The van der Waals surface area contributed by atoms with E-state index in [1.807, 2.05) is 0 Å². The SMILES string of the molecule is CN(C)C(=O)c1ccc(Cl)c(NCc2cnco2)c1. The highest BCUT2D eigenvalue weighted by Crippen LogP contribution is 2.24. The van der Waals surface area contributed by atoms with Gasteiger partial charge in [-0.1, -0.05) is 11.6 Å². The molecule has 1 aromatic carbocycles. The fourth-order valence-electron chi connectivity index (χ4n) is 1.56. The van der Waals surface area contributed by atoms with E-state index in [9.17, 15) is 4.79 Å². The molecule has 6 heteroatoms. The van der Waals surface area contributed by atoms with E-state index >= 15 is 0 Å². The second-order valence-electron chi connectivity index (χ2n) is 4.22. The summed E-state index contributed by atoms with van der Waals surface area (Å²) in [5.74, 6) is 0.625. The van der Waals surface area contributed by atoms with E-state index in [4.69, 9.17) is 16.0 Å². The normalized spacial score (nSPS) is 10.3. The van der Waals surface area contributed by atoms with Gasteiger partial charge >= 0.3 is 0 Å². The van der Waals surface area contributed by atoms with Gasteiger partial charge in [0.15, 0.2) is 6.39 Å². The van der Waals surface area contributed by atoms with Crippen LogP contribution >= 0.6 is 11.6 Å². The summed E-state index contributed by atoms with van der Waals surface area (Å²) in [4.78, 5) is 17.2. The van der Waals surface area contributed by atoms with Crippen molar-refractivity contribution in [2.24, 2.45) is 0 Å². The lowest BCUT2D eigenvalue weighted by atomic mass is 10.2. The van der Waals surface area contributed by atoms with Crippen molar-refractivity contribution in [1.29, 1.82) is 0 Å². The first-order valence-corrected chi connectivity index (χ1v) is 6.08. The first kappa shape index (κ1) is 13.4. The van der Waals surface area contributed by atoms with E-state index in [1.165, 1.54) is 11.3 Å². The van der Waals surface area contributed by atoms with Crippen LogP contribution in [0.1, 0.15) is 16.1 Å². The number of carbonyl (C=O) groups excluding carboxylic acids is 1. The van der Waals surface area contributed by atoms with Crippen molar-refractivity contribution in [3.63, 3.8) is 0 Å². The average molecular weight is 280 g/mol. The van der Waals surface area contributed by atoms with Crippen LogP contribution < -0.4 is 5.32 Å². The van der Waals surface area contributed by atoms with E-state index in [0.29, 0.717) is 28.6 Å². The molecule has 2 aromatic rings. The smallest absolute Gasteiger partial charge is 0.253 e. The molecule has 1 amide bonds. The molecule has 0 unspecified atom stereocenters. The number of nitrogens with zero attached hydrogens (tertiary/aromatic N) is 2. The molecule has 1 aromatic heterocycles. The Labute approximate surface area is 116 Å². The number of oxazole rings is 1. The molecule has 0 spiro atoms. The van der Waals surface area contributed by atoms with Crippen LogP contribution in [-0.4, -0.2) is 29.9 Å². The fraction of sp³-hybridized carbons (Fsp3) is 0.231. The number of carbonyl (C=O) groups is 1. The summed E-state index contributed by atoms with van der Waals surface area (Å²) in [5.41, 5.74) is 1.26. The number of anilines is 1. The van der Waals surface area contributed by atoms with E-state index in [0.717, 1.165) is 0 Å². The Bertz CT molecular complexity index is 567. The van der Waals surface area contributed by atoms with Gasteiger partial charge in [0.1, 0.15) is 5.76 Å². The lowest BCUT2D eigenvalue weighted by Gasteiger charge is -2.13. The maximum atomic E-state index is 11.9. The van der Waals surface area contributed by atoms with Crippen LogP contribution in [-0.2, 0) is 6.54 Å². The second kappa shape index (κ2) is 5.75. The molecule has 0 saturated carbocycles. The van der Waals surface area contributed by atoms with Crippen molar-refractivity contribution in [2.75, 3.05) is 19.4 Å². The summed E-state index contributed by atoms with van der Waals surface area (Å²) in [6, 6.07) is 5.12. The lowest BCUT2D eigenvalue weighted by molar-refractivity contribution is 0.0827. The Balaban J connectivity index is 2.15. The molecule has 0 radical (unpaired) electrons. The summed E-state index contributed by atoms with van der Waals surface area (Å²) in [6.07, 6.45) is 2.99. The van der Waals surface area contributed by atoms with Gasteiger partial charge in [0, 0.05) is 19.7 Å². The molecular weight excluding hydrogens is 266 g/mol. The number of amides is 1. The number of hydrogen-bond donors (Lipinski definition) is 1. The van der Waals surface area contributed by atoms with Crippen LogP contribution in [0.4, 0.5) is 5.69 Å². The zero-order valence-corrected chi connectivity index (χ0v) is 11.4. The monoisotopic (exact) mass is 279 g/mol. The Kier molecular flexibility index (Phi) is 4.06. The second-order valence-corrected chi connectivity index (χ2v) is 4.62. The van der Waals surface area contributed by atoms with Crippen molar-refractivity contribution in [2.45, 2.75) is 6.54 Å². The molecule has 2 rings (SSSR count). The first-order chi connectivity index (χ1) is 9.08. The Hall–Kier alpha value is -2.01. The minimum absolute atomic E-state index is 0.0700. The van der Waals surface area contributed by atoms with Crippen LogP contribution in [0.15, 0.2) is 35.2 Å². The number of nitrogens with one attached hydrogen (secondary N) is 1. The van der Waals surface area contributed by atoms with Gasteiger partial charge in [-0.3, -0.25) is 4.79 Å². The predicted molar refractivity (Wildman–Crippen MR) is 73.3 cm³/mol. The molecule has 0 aliphatic rings. The molecule has 0 fully saturated rings. The van der Waals surface area contributed by atoms with Gasteiger partial charge in [0.2, 0.25) is 0 Å². The molecule has 0 bridgehead atoms. The summed E-state index contributed by atoms with van der Waals surface area (Å²) < 4.78 is 5.12. The number of rotatable bonds is 4. The summed E-state index contributed by atoms with van der Waals surface area (Å²) in [5, 5.41) is 3.66. The van der Waals surface area contributed by atoms with Crippen LogP contribution in [0, 0.1) is 0 Å². The Morgan fingerprint density at radius 3 is 2.89 bits per heavy atom. The van der Waals surface area contributed by atoms with Crippen LogP contribution in [0.2, 0.25) is 5.02 Å². The molecule has 5 nitrogen and oxygen atoms in total. The topological polar surface area (TPSA) is 58.4 Å². The third-order valence-corrected chi connectivity index (χ3v) is 2.89. The standard InChI is InChI=1S/C13H14ClN3O2/c1-17(2)13(18)9-3-4-11(14)12(5-9)16-7-10-6-15-8-19-10/h3-6,8,16H,7H2,1-2H3. The molecule has 0 aliphatic heterocycles. The molecular formula is C13H14ClN3O2. The van der Waals surface area contributed by atoms with Gasteiger partial charge in [-0.15, -0.1) is 0 Å². The fourth-order valence-corrected chi connectivity index (χ4v) is 1.75. The van der Waals surface area contributed by atoms with Crippen molar-refractivity contribution in [1.82, 2.24) is 9.88 Å².